The minimum Gasteiger partial charge on any atom is -0.477 e. The van der Waals surface area contributed by atoms with Crippen molar-refractivity contribution in [3.05, 3.63) is 18.0 Å². The maximum absolute atomic E-state index is 12.6. The van der Waals surface area contributed by atoms with Gasteiger partial charge in [-0.1, -0.05) is 0 Å². The number of hydrogen-bond acceptors (Lipinski definition) is 2. The maximum Gasteiger partial charge on any atom is 0.374 e. The van der Waals surface area contributed by atoms with E-state index in [1.807, 2.05) is 0 Å². The van der Waals surface area contributed by atoms with Crippen LogP contribution in [-0.4, -0.2) is 26.8 Å². The zero-order valence-electron chi connectivity index (χ0n) is 6.87. The topological polar surface area (TPSA) is 55.1 Å². The third kappa shape index (κ3) is 2.24. The molecule has 0 aliphatic heterocycles. The number of aromatic nitrogens is 2. The van der Waals surface area contributed by atoms with E-state index in [1.54, 1.807) is 7.05 Å². The Morgan fingerprint density at radius 1 is 1.77 bits per heavy atom. The van der Waals surface area contributed by atoms with Crippen LogP contribution in [0.25, 0.3) is 0 Å². The van der Waals surface area contributed by atoms with Gasteiger partial charge in [-0.3, -0.25) is 4.68 Å². The first-order valence-electron chi connectivity index (χ1n) is 3.51. The summed E-state index contributed by atoms with van der Waals surface area (Å²) < 4.78 is 26.5. The van der Waals surface area contributed by atoms with E-state index in [1.165, 1.54) is 16.9 Å². The second-order valence-electron chi connectivity index (χ2n) is 2.67. The minimum absolute atomic E-state index is 0.0647. The summed E-state index contributed by atoms with van der Waals surface area (Å²) in [6, 6.07) is 1.36. The molecule has 1 aromatic rings. The van der Waals surface area contributed by atoms with Crippen molar-refractivity contribution in [1.82, 2.24) is 9.78 Å². The number of carbonyl (C=O) groups is 1. The molecule has 0 spiro atoms. The Morgan fingerprint density at radius 2 is 2.38 bits per heavy atom. The van der Waals surface area contributed by atoms with Gasteiger partial charge in [0.25, 0.3) is 0 Å². The summed E-state index contributed by atoms with van der Waals surface area (Å²) in [4.78, 5) is 10.0. The second-order valence-corrected chi connectivity index (χ2v) is 2.67. The van der Waals surface area contributed by atoms with Crippen LogP contribution in [0.15, 0.2) is 12.3 Å². The van der Waals surface area contributed by atoms with Gasteiger partial charge in [-0.05, 0) is 6.07 Å². The molecule has 1 rings (SSSR count). The van der Waals surface area contributed by atoms with E-state index >= 15 is 0 Å². The highest BCUT2D eigenvalue weighted by Gasteiger charge is 2.39. The van der Waals surface area contributed by atoms with Crippen LogP contribution in [0.4, 0.5) is 8.78 Å². The fourth-order valence-corrected chi connectivity index (χ4v) is 0.861. The molecule has 1 N–H and O–H groups in total. The zero-order valence-corrected chi connectivity index (χ0v) is 6.87. The van der Waals surface area contributed by atoms with E-state index < -0.39 is 18.3 Å². The monoisotopic (exact) mass is 190 g/mol. The predicted octanol–water partition coefficient (Wildman–Crippen LogP) is 0.682. The average Bonchev–Trinajstić information content (AvgIpc) is 2.34. The van der Waals surface area contributed by atoms with Gasteiger partial charge >= 0.3 is 11.9 Å². The Hall–Kier alpha value is -1.46. The third-order valence-corrected chi connectivity index (χ3v) is 1.48. The molecule has 6 heteroatoms. The smallest absolute Gasteiger partial charge is 0.374 e. The predicted molar refractivity (Wildman–Crippen MR) is 39.5 cm³/mol. The molecule has 0 aliphatic rings. The van der Waals surface area contributed by atoms with Gasteiger partial charge < -0.3 is 5.11 Å². The van der Waals surface area contributed by atoms with E-state index in [9.17, 15) is 13.6 Å². The van der Waals surface area contributed by atoms with Crippen molar-refractivity contribution in [2.45, 2.75) is 12.3 Å². The lowest BCUT2D eigenvalue weighted by molar-refractivity contribution is -0.164. The van der Waals surface area contributed by atoms with Gasteiger partial charge in [0.2, 0.25) is 0 Å². The van der Waals surface area contributed by atoms with E-state index in [0.717, 1.165) is 0 Å². The first kappa shape index (κ1) is 9.63. The van der Waals surface area contributed by atoms with Crippen LogP contribution in [0, 0.1) is 0 Å². The molecule has 1 heterocycles. The van der Waals surface area contributed by atoms with Gasteiger partial charge in [0.1, 0.15) is 0 Å². The first-order chi connectivity index (χ1) is 5.92. The lowest BCUT2D eigenvalue weighted by Gasteiger charge is -2.07. The Kier molecular flexibility index (Phi) is 2.31. The molecular formula is C7H8F2N2O2. The summed E-state index contributed by atoms with van der Waals surface area (Å²) in [5.74, 6) is -5.87. The molecule has 13 heavy (non-hydrogen) atoms. The Bertz CT molecular complexity index is 322. The number of hydrogen-bond donors (Lipinski definition) is 1. The molecule has 0 atom stereocenters. The van der Waals surface area contributed by atoms with Crippen molar-refractivity contribution in [2.24, 2.45) is 7.05 Å². The first-order valence-corrected chi connectivity index (χ1v) is 3.51. The van der Waals surface area contributed by atoms with Gasteiger partial charge in [-0.25, -0.2) is 4.79 Å². The molecule has 72 valence electrons. The summed E-state index contributed by atoms with van der Waals surface area (Å²) in [5, 5.41) is 11.8. The van der Waals surface area contributed by atoms with Crippen molar-refractivity contribution in [3.63, 3.8) is 0 Å². The molecule has 0 saturated heterocycles. The average molecular weight is 190 g/mol. The van der Waals surface area contributed by atoms with Gasteiger partial charge in [0, 0.05) is 13.2 Å². The molecule has 0 aromatic carbocycles. The second kappa shape index (κ2) is 3.12. The highest BCUT2D eigenvalue weighted by Crippen LogP contribution is 2.18. The van der Waals surface area contributed by atoms with E-state index in [4.69, 9.17) is 5.11 Å². The Morgan fingerprint density at radius 3 is 2.77 bits per heavy atom. The lowest BCUT2D eigenvalue weighted by atomic mass is 10.2. The molecule has 0 fully saturated rings. The number of alkyl halides is 2. The molecule has 0 radical (unpaired) electrons. The highest BCUT2D eigenvalue weighted by atomic mass is 19.3. The number of carboxylic acids is 1. The van der Waals surface area contributed by atoms with E-state index in [0.29, 0.717) is 0 Å². The van der Waals surface area contributed by atoms with Crippen LogP contribution in [0.3, 0.4) is 0 Å². The molecule has 4 nitrogen and oxygen atoms in total. The fourth-order valence-electron chi connectivity index (χ4n) is 0.861. The highest BCUT2D eigenvalue weighted by molar-refractivity contribution is 5.75. The van der Waals surface area contributed by atoms with Crippen LogP contribution in [0.1, 0.15) is 5.69 Å². The fraction of sp³-hybridized carbons (Fsp3) is 0.429. The minimum atomic E-state index is -3.74. The molecule has 0 unspecified atom stereocenters. The van der Waals surface area contributed by atoms with Crippen LogP contribution in [-0.2, 0) is 18.3 Å². The van der Waals surface area contributed by atoms with Crippen molar-refractivity contribution < 1.29 is 18.7 Å². The summed E-state index contributed by atoms with van der Waals surface area (Å²) in [6.45, 7) is 0. The number of aryl methyl sites for hydroxylation is 1. The zero-order chi connectivity index (χ0) is 10.1. The quantitative estimate of drug-likeness (QED) is 0.762. The third-order valence-electron chi connectivity index (χ3n) is 1.48. The van der Waals surface area contributed by atoms with Crippen molar-refractivity contribution in [1.29, 1.82) is 0 Å². The molecule has 0 aliphatic carbocycles. The largest absolute Gasteiger partial charge is 0.477 e. The van der Waals surface area contributed by atoms with Crippen LogP contribution >= 0.6 is 0 Å². The molecule has 0 bridgehead atoms. The normalized spacial score (nSPS) is 11.6. The van der Waals surface area contributed by atoms with Gasteiger partial charge in [0.15, 0.2) is 0 Å². The summed E-state index contributed by atoms with van der Waals surface area (Å²) >= 11 is 0. The molecule has 0 amide bonds. The van der Waals surface area contributed by atoms with Gasteiger partial charge in [0.05, 0.1) is 12.1 Å². The summed E-state index contributed by atoms with van der Waals surface area (Å²) in [5.41, 5.74) is 0.0647. The SMILES string of the molecule is Cn1ccc(CC(F)(F)C(=O)O)n1. The van der Waals surface area contributed by atoms with Crippen LogP contribution < -0.4 is 0 Å². The van der Waals surface area contributed by atoms with Crippen molar-refractivity contribution >= 4 is 5.97 Å². The standard InChI is InChI=1S/C7H8F2N2O2/c1-11-3-2-5(10-11)4-7(8,9)6(12)13/h2-3H,4H2,1H3,(H,12,13). The van der Waals surface area contributed by atoms with Crippen molar-refractivity contribution in [2.75, 3.05) is 0 Å². The number of nitrogens with zero attached hydrogens (tertiary/aromatic N) is 2. The Labute approximate surface area is 72.8 Å². The van der Waals surface area contributed by atoms with Gasteiger partial charge in [-0.15, -0.1) is 0 Å². The summed E-state index contributed by atoms with van der Waals surface area (Å²) in [7, 11) is 1.57. The van der Waals surface area contributed by atoms with Crippen LogP contribution in [0.2, 0.25) is 0 Å². The van der Waals surface area contributed by atoms with E-state index in [-0.39, 0.29) is 5.69 Å². The molecule has 0 saturated carbocycles. The Balaban J connectivity index is 2.74. The summed E-state index contributed by atoms with van der Waals surface area (Å²) in [6.07, 6.45) is 0.608. The number of aliphatic carboxylic acids is 1. The molecule has 1 aromatic heterocycles. The van der Waals surface area contributed by atoms with Crippen LogP contribution in [0.5, 0.6) is 0 Å². The van der Waals surface area contributed by atoms with E-state index in [2.05, 4.69) is 5.10 Å². The number of rotatable bonds is 3. The number of halogens is 2. The van der Waals surface area contributed by atoms with Gasteiger partial charge in [-0.2, -0.15) is 13.9 Å². The lowest BCUT2D eigenvalue weighted by Crippen LogP contribution is -2.30. The molecular weight excluding hydrogens is 182 g/mol. The number of carboxylic acid groups (broad SMARTS) is 1. The maximum atomic E-state index is 12.6. The van der Waals surface area contributed by atoms with Crippen molar-refractivity contribution in [3.8, 4) is 0 Å².